The summed E-state index contributed by atoms with van der Waals surface area (Å²) in [5.41, 5.74) is 5.87. The number of nitrogens with zero attached hydrogens (tertiary/aromatic N) is 1. The Bertz CT molecular complexity index is 647. The average molecular weight is 352 g/mol. The topological polar surface area (TPSA) is 72.6 Å². The lowest BCUT2D eigenvalue weighted by Crippen LogP contribution is -2.51. The predicted octanol–water partition coefficient (Wildman–Crippen LogP) is 2.48. The van der Waals surface area contributed by atoms with Gasteiger partial charge in [-0.15, -0.1) is 13.2 Å². The van der Waals surface area contributed by atoms with Gasteiger partial charge in [0.05, 0.1) is 4.90 Å². The first-order valence-electron chi connectivity index (χ1n) is 7.24. The molecule has 1 fully saturated rings. The molecule has 2 rings (SSSR count). The van der Waals surface area contributed by atoms with Crippen LogP contribution >= 0.6 is 0 Å². The summed E-state index contributed by atoms with van der Waals surface area (Å²) < 4.78 is 67.5. The van der Waals surface area contributed by atoms with Gasteiger partial charge in [0.1, 0.15) is 5.75 Å². The first kappa shape index (κ1) is 18.0. The number of nitrogens with two attached hydrogens (primary N) is 1. The predicted molar refractivity (Wildman–Crippen MR) is 78.3 cm³/mol. The third kappa shape index (κ3) is 4.36. The summed E-state index contributed by atoms with van der Waals surface area (Å²) in [6.07, 6.45) is -2.67. The number of sulfonamides is 1. The normalized spacial score (nSPS) is 21.9. The fraction of sp³-hybridized carbons (Fsp3) is 0.571. The van der Waals surface area contributed by atoms with Crippen LogP contribution in [0.15, 0.2) is 29.2 Å². The van der Waals surface area contributed by atoms with Gasteiger partial charge in [-0.3, -0.25) is 0 Å². The second-order valence-electron chi connectivity index (χ2n) is 5.56. The maximum absolute atomic E-state index is 12.8. The fourth-order valence-corrected chi connectivity index (χ4v) is 4.53. The van der Waals surface area contributed by atoms with Gasteiger partial charge >= 0.3 is 6.36 Å². The summed E-state index contributed by atoms with van der Waals surface area (Å²) in [5.74, 6) is -0.562. The Morgan fingerprint density at radius 2 is 2.04 bits per heavy atom. The molecule has 0 spiro atoms. The highest BCUT2D eigenvalue weighted by Crippen LogP contribution is 2.30. The van der Waals surface area contributed by atoms with Crippen LogP contribution in [0.25, 0.3) is 0 Å². The number of hydrogen-bond donors (Lipinski definition) is 1. The van der Waals surface area contributed by atoms with Gasteiger partial charge in [-0.25, -0.2) is 8.42 Å². The number of piperidine rings is 1. The largest absolute Gasteiger partial charge is 0.573 e. The molecule has 1 aromatic carbocycles. The van der Waals surface area contributed by atoms with E-state index in [-0.39, 0.29) is 17.0 Å². The van der Waals surface area contributed by atoms with E-state index in [0.29, 0.717) is 19.4 Å². The van der Waals surface area contributed by atoms with Crippen LogP contribution in [-0.4, -0.2) is 37.7 Å². The van der Waals surface area contributed by atoms with Crippen molar-refractivity contribution in [1.82, 2.24) is 4.31 Å². The zero-order valence-corrected chi connectivity index (χ0v) is 13.4. The van der Waals surface area contributed by atoms with Crippen molar-refractivity contribution in [3.8, 4) is 5.75 Å². The van der Waals surface area contributed by atoms with Gasteiger partial charge in [0, 0.05) is 24.7 Å². The molecule has 0 radical (unpaired) electrons. The Hall–Kier alpha value is -1.32. The van der Waals surface area contributed by atoms with Crippen LogP contribution in [-0.2, 0) is 10.0 Å². The van der Waals surface area contributed by atoms with Crippen molar-refractivity contribution in [2.45, 2.75) is 49.5 Å². The van der Waals surface area contributed by atoms with Gasteiger partial charge in [0.25, 0.3) is 0 Å². The van der Waals surface area contributed by atoms with E-state index in [2.05, 4.69) is 4.74 Å². The Labute approximate surface area is 133 Å². The van der Waals surface area contributed by atoms with Crippen LogP contribution in [0, 0.1) is 0 Å². The highest BCUT2D eigenvalue weighted by Gasteiger charge is 2.36. The zero-order chi connectivity index (χ0) is 17.3. The minimum Gasteiger partial charge on any atom is -0.406 e. The highest BCUT2D eigenvalue weighted by atomic mass is 32.2. The van der Waals surface area contributed by atoms with Crippen molar-refractivity contribution < 1.29 is 26.3 Å². The van der Waals surface area contributed by atoms with E-state index in [1.54, 1.807) is 6.92 Å². The van der Waals surface area contributed by atoms with Crippen LogP contribution in [0.3, 0.4) is 0 Å². The van der Waals surface area contributed by atoms with Gasteiger partial charge in [0.15, 0.2) is 0 Å². The van der Waals surface area contributed by atoms with E-state index in [1.807, 2.05) is 0 Å². The number of rotatable bonds is 4. The SMILES string of the molecule is CC(N)C1CCCCN1S(=O)(=O)c1cccc(OC(F)(F)F)c1. The summed E-state index contributed by atoms with van der Waals surface area (Å²) in [4.78, 5) is -0.230. The molecular weight excluding hydrogens is 333 g/mol. The standard InChI is InChI=1S/C14H19F3N2O3S/c1-10(18)13-7-2-3-8-19(13)23(20,21)12-6-4-5-11(9-12)22-14(15,16)17/h4-6,9-10,13H,2-3,7-8,18H2,1H3. The van der Waals surface area contributed by atoms with E-state index in [1.165, 1.54) is 16.4 Å². The molecule has 2 atom stereocenters. The molecule has 2 unspecified atom stereocenters. The molecule has 1 aliphatic rings. The second-order valence-corrected chi connectivity index (χ2v) is 7.45. The number of ether oxygens (including phenoxy) is 1. The molecule has 5 nitrogen and oxygen atoms in total. The molecule has 130 valence electrons. The summed E-state index contributed by atoms with van der Waals surface area (Å²) >= 11 is 0. The van der Waals surface area contributed by atoms with E-state index >= 15 is 0 Å². The monoisotopic (exact) mass is 352 g/mol. The Morgan fingerprint density at radius 3 is 2.65 bits per heavy atom. The lowest BCUT2D eigenvalue weighted by atomic mass is 10.00. The van der Waals surface area contributed by atoms with Crippen LogP contribution in [0.4, 0.5) is 13.2 Å². The van der Waals surface area contributed by atoms with Crippen molar-refractivity contribution in [3.05, 3.63) is 24.3 Å². The molecule has 0 bridgehead atoms. The van der Waals surface area contributed by atoms with Gasteiger partial charge in [-0.05, 0) is 31.9 Å². The lowest BCUT2D eigenvalue weighted by Gasteiger charge is -2.36. The van der Waals surface area contributed by atoms with Crippen LogP contribution in [0.2, 0.25) is 0 Å². The maximum Gasteiger partial charge on any atom is 0.573 e. The average Bonchev–Trinajstić information content (AvgIpc) is 2.45. The van der Waals surface area contributed by atoms with Crippen LogP contribution < -0.4 is 10.5 Å². The molecular formula is C14H19F3N2O3S. The van der Waals surface area contributed by atoms with Crippen molar-refractivity contribution in [1.29, 1.82) is 0 Å². The number of hydrogen-bond acceptors (Lipinski definition) is 4. The van der Waals surface area contributed by atoms with Crippen LogP contribution in [0.1, 0.15) is 26.2 Å². The number of halogens is 3. The van der Waals surface area contributed by atoms with Crippen LogP contribution in [0.5, 0.6) is 5.75 Å². The van der Waals surface area contributed by atoms with Gasteiger partial charge in [-0.1, -0.05) is 12.5 Å². The molecule has 0 amide bonds. The maximum atomic E-state index is 12.8. The molecule has 1 heterocycles. The lowest BCUT2D eigenvalue weighted by molar-refractivity contribution is -0.274. The first-order valence-corrected chi connectivity index (χ1v) is 8.68. The summed E-state index contributed by atoms with van der Waals surface area (Å²) in [7, 11) is -3.93. The Morgan fingerprint density at radius 1 is 1.35 bits per heavy atom. The molecule has 1 saturated heterocycles. The first-order chi connectivity index (χ1) is 10.6. The van der Waals surface area contributed by atoms with Crippen molar-refractivity contribution in [3.63, 3.8) is 0 Å². The third-order valence-corrected chi connectivity index (χ3v) is 5.67. The third-order valence-electron chi connectivity index (χ3n) is 3.75. The summed E-state index contributed by atoms with van der Waals surface area (Å²) in [6, 6.07) is 3.70. The van der Waals surface area contributed by atoms with E-state index in [0.717, 1.165) is 18.6 Å². The van der Waals surface area contributed by atoms with Gasteiger partial charge in [-0.2, -0.15) is 4.31 Å². The van der Waals surface area contributed by atoms with E-state index in [9.17, 15) is 21.6 Å². The molecule has 0 aliphatic carbocycles. The van der Waals surface area contributed by atoms with E-state index < -0.39 is 22.1 Å². The summed E-state index contributed by atoms with van der Waals surface area (Å²) in [5, 5.41) is 0. The molecule has 9 heteroatoms. The number of benzene rings is 1. The second kappa shape index (κ2) is 6.66. The number of alkyl halides is 3. The smallest absolute Gasteiger partial charge is 0.406 e. The molecule has 0 saturated carbocycles. The van der Waals surface area contributed by atoms with Gasteiger partial charge < -0.3 is 10.5 Å². The molecule has 0 aromatic heterocycles. The quantitative estimate of drug-likeness (QED) is 0.904. The minimum atomic E-state index is -4.87. The fourth-order valence-electron chi connectivity index (χ4n) is 2.72. The Kier molecular flexibility index (Phi) is 5.22. The molecule has 2 N–H and O–H groups in total. The highest BCUT2D eigenvalue weighted by molar-refractivity contribution is 7.89. The Balaban J connectivity index is 2.33. The molecule has 23 heavy (non-hydrogen) atoms. The van der Waals surface area contributed by atoms with Crippen molar-refractivity contribution >= 4 is 10.0 Å². The van der Waals surface area contributed by atoms with Gasteiger partial charge in [0.2, 0.25) is 10.0 Å². The zero-order valence-electron chi connectivity index (χ0n) is 12.6. The summed E-state index contributed by atoms with van der Waals surface area (Å²) in [6.45, 7) is 2.03. The minimum absolute atomic E-state index is 0.230. The molecule has 1 aliphatic heterocycles. The van der Waals surface area contributed by atoms with Crippen molar-refractivity contribution in [2.75, 3.05) is 6.54 Å². The van der Waals surface area contributed by atoms with E-state index in [4.69, 9.17) is 5.73 Å². The molecule has 1 aromatic rings. The van der Waals surface area contributed by atoms with Crippen molar-refractivity contribution in [2.24, 2.45) is 5.73 Å².